The van der Waals surface area contributed by atoms with Gasteiger partial charge in [0.15, 0.2) is 0 Å². The van der Waals surface area contributed by atoms with E-state index >= 15 is 0 Å². The molecule has 7 aromatic carbocycles. The Labute approximate surface area is 292 Å². The van der Waals surface area contributed by atoms with Crippen molar-refractivity contribution >= 4 is 44.2 Å². The van der Waals surface area contributed by atoms with Crippen LogP contribution < -0.4 is 16.4 Å². The number of fused-ring (bicyclic) bond motifs is 5. The fraction of sp³-hybridized carbons (Fsp3) is 0.0222. The molecule has 0 saturated heterocycles. The molecule has 6 heteroatoms. The Morgan fingerprint density at radius 1 is 0.431 bits per heavy atom. The van der Waals surface area contributed by atoms with E-state index < -0.39 is 11.1 Å². The van der Waals surface area contributed by atoms with Crippen LogP contribution in [-0.4, -0.2) is 13.7 Å². The monoisotopic (exact) mass is 658 g/mol. The van der Waals surface area contributed by atoms with Gasteiger partial charge in [-0.1, -0.05) is 97.1 Å². The van der Waals surface area contributed by atoms with E-state index in [1.165, 1.54) is 16.7 Å². The van der Waals surface area contributed by atoms with Crippen LogP contribution in [0.1, 0.15) is 11.1 Å². The van der Waals surface area contributed by atoms with Crippen molar-refractivity contribution in [3.05, 3.63) is 196 Å². The van der Waals surface area contributed by atoms with Crippen molar-refractivity contribution in [2.75, 3.05) is 5.32 Å². The van der Waals surface area contributed by atoms with Gasteiger partial charge < -0.3 is 9.88 Å². The van der Waals surface area contributed by atoms with Crippen molar-refractivity contribution in [3.8, 4) is 28.2 Å². The third kappa shape index (κ3) is 4.65. The molecule has 1 N–H and O–H groups in total. The molecule has 0 spiro atoms. The normalized spacial score (nSPS) is 12.0. The molecule has 2 heterocycles. The Kier molecular flexibility index (Phi) is 6.45. The van der Waals surface area contributed by atoms with Crippen molar-refractivity contribution in [2.24, 2.45) is 0 Å². The zero-order valence-corrected chi connectivity index (χ0v) is 27.5. The first kappa shape index (κ1) is 29.0. The minimum atomic E-state index is -0.622. The van der Waals surface area contributed by atoms with E-state index in [1.807, 2.05) is 109 Å². The standard InChI is InChI=1S/C45H30N4O2/c50-44-45(51)49(33-23-25-37-36-17-7-8-19-40(36)47(43(37)28-33)31-15-5-2-6-16-31)42-21-10-9-20-41(42)48(44)32-22-24-35(34-18-11-12-29-26-38(29)34)39(27-32)46-30-13-3-1-4-14-30/h1-25,27-28,46H,26H2. The number of hydrogen-bond donors (Lipinski definition) is 1. The second kappa shape index (κ2) is 11.3. The van der Waals surface area contributed by atoms with E-state index in [0.717, 1.165) is 50.9 Å². The fourth-order valence-electron chi connectivity index (χ4n) is 7.59. The molecule has 1 aliphatic rings. The van der Waals surface area contributed by atoms with Crippen molar-refractivity contribution < 1.29 is 0 Å². The maximum Gasteiger partial charge on any atom is 0.321 e. The van der Waals surface area contributed by atoms with E-state index in [0.29, 0.717) is 22.4 Å². The molecule has 242 valence electrons. The van der Waals surface area contributed by atoms with Gasteiger partial charge in [0.2, 0.25) is 0 Å². The highest BCUT2D eigenvalue weighted by atomic mass is 16.2. The predicted molar refractivity (Wildman–Crippen MR) is 207 cm³/mol. The molecule has 1 aliphatic carbocycles. The molecule has 9 aromatic rings. The maximum absolute atomic E-state index is 14.4. The van der Waals surface area contributed by atoms with Gasteiger partial charge in [-0.25, -0.2) is 0 Å². The van der Waals surface area contributed by atoms with Gasteiger partial charge in [-0.3, -0.25) is 18.7 Å². The smallest absolute Gasteiger partial charge is 0.321 e. The predicted octanol–water partition coefficient (Wildman–Crippen LogP) is 9.55. The highest BCUT2D eigenvalue weighted by Crippen LogP contribution is 2.42. The van der Waals surface area contributed by atoms with Gasteiger partial charge in [0, 0.05) is 33.4 Å². The number of nitrogens with zero attached hydrogens (tertiary/aromatic N) is 3. The van der Waals surface area contributed by atoms with Crippen molar-refractivity contribution in [3.63, 3.8) is 0 Å². The Bertz CT molecular complexity index is 2960. The van der Waals surface area contributed by atoms with Crippen molar-refractivity contribution in [1.82, 2.24) is 13.7 Å². The Balaban J connectivity index is 1.18. The average Bonchev–Trinajstić information content (AvgIpc) is 3.91. The van der Waals surface area contributed by atoms with E-state index in [4.69, 9.17) is 0 Å². The van der Waals surface area contributed by atoms with Gasteiger partial charge in [-0.15, -0.1) is 0 Å². The van der Waals surface area contributed by atoms with Crippen LogP contribution in [0, 0.1) is 0 Å². The number of benzene rings is 7. The molecule has 0 amide bonds. The van der Waals surface area contributed by atoms with Crippen LogP contribution >= 0.6 is 0 Å². The average molecular weight is 659 g/mol. The second-order valence-corrected chi connectivity index (χ2v) is 13.0. The first-order chi connectivity index (χ1) is 25.1. The molecule has 0 unspecified atom stereocenters. The molecule has 0 fully saturated rings. The quantitative estimate of drug-likeness (QED) is 0.181. The SMILES string of the molecule is O=c1c(=O)n(-c2ccc3c4ccccc4n(-c4ccccc4)c3c2)c2ccccc2n1-c1ccc(-c2cccc3c2C3)c(Nc2ccccc2)c1. The summed E-state index contributed by atoms with van der Waals surface area (Å²) in [6.07, 6.45) is 0.981. The number of hydrogen-bond acceptors (Lipinski definition) is 3. The molecule has 2 aromatic heterocycles. The van der Waals surface area contributed by atoms with Gasteiger partial charge >= 0.3 is 11.1 Å². The summed E-state index contributed by atoms with van der Waals surface area (Å²) in [5.41, 5.74) is 11.0. The first-order valence-electron chi connectivity index (χ1n) is 17.1. The van der Waals surface area contributed by atoms with E-state index in [2.05, 4.69) is 64.5 Å². The molecular formula is C45H30N4O2. The summed E-state index contributed by atoms with van der Waals surface area (Å²) in [6, 6.07) is 54.5. The van der Waals surface area contributed by atoms with E-state index in [9.17, 15) is 9.59 Å². The van der Waals surface area contributed by atoms with Crippen molar-refractivity contribution in [2.45, 2.75) is 6.42 Å². The fourth-order valence-corrected chi connectivity index (χ4v) is 7.59. The first-order valence-corrected chi connectivity index (χ1v) is 17.1. The number of aromatic nitrogens is 3. The van der Waals surface area contributed by atoms with Crippen LogP contribution in [0.5, 0.6) is 0 Å². The molecule has 6 nitrogen and oxygen atoms in total. The zero-order valence-electron chi connectivity index (χ0n) is 27.5. The molecule has 0 bridgehead atoms. The largest absolute Gasteiger partial charge is 0.355 e. The minimum Gasteiger partial charge on any atom is -0.355 e. The van der Waals surface area contributed by atoms with E-state index in [1.54, 1.807) is 9.13 Å². The lowest BCUT2D eigenvalue weighted by atomic mass is 10.0. The third-order valence-electron chi connectivity index (χ3n) is 10.0. The third-order valence-corrected chi connectivity index (χ3v) is 10.0. The van der Waals surface area contributed by atoms with Crippen LogP contribution in [0.15, 0.2) is 173 Å². The highest BCUT2D eigenvalue weighted by Gasteiger charge is 2.24. The molecule has 51 heavy (non-hydrogen) atoms. The number of anilines is 2. The molecule has 0 aliphatic heterocycles. The Morgan fingerprint density at radius 2 is 1.04 bits per heavy atom. The molecule has 10 rings (SSSR count). The van der Waals surface area contributed by atoms with Gasteiger partial charge in [0.05, 0.1) is 33.4 Å². The summed E-state index contributed by atoms with van der Waals surface area (Å²) in [5.74, 6) is 0. The maximum atomic E-state index is 14.4. The van der Waals surface area contributed by atoms with E-state index in [-0.39, 0.29) is 0 Å². The highest BCUT2D eigenvalue weighted by molar-refractivity contribution is 6.09. The molecule has 0 saturated carbocycles. The lowest BCUT2D eigenvalue weighted by molar-refractivity contribution is 0.919. The summed E-state index contributed by atoms with van der Waals surface area (Å²) >= 11 is 0. The van der Waals surface area contributed by atoms with Gasteiger partial charge in [0.25, 0.3) is 0 Å². The van der Waals surface area contributed by atoms with Crippen LogP contribution in [0.25, 0.3) is 61.0 Å². The van der Waals surface area contributed by atoms with Gasteiger partial charge in [0.1, 0.15) is 0 Å². The molecule has 0 atom stereocenters. The summed E-state index contributed by atoms with van der Waals surface area (Å²) in [5, 5.41) is 5.78. The second-order valence-electron chi connectivity index (χ2n) is 13.0. The van der Waals surface area contributed by atoms with Crippen LogP contribution in [0.4, 0.5) is 11.4 Å². The van der Waals surface area contributed by atoms with Gasteiger partial charge in [-0.2, -0.15) is 0 Å². The summed E-state index contributed by atoms with van der Waals surface area (Å²) in [7, 11) is 0. The summed E-state index contributed by atoms with van der Waals surface area (Å²) in [4.78, 5) is 28.7. The number of nitrogens with one attached hydrogen (secondary N) is 1. The van der Waals surface area contributed by atoms with Crippen LogP contribution in [-0.2, 0) is 6.42 Å². The minimum absolute atomic E-state index is 0.610. The summed E-state index contributed by atoms with van der Waals surface area (Å²) < 4.78 is 5.31. The summed E-state index contributed by atoms with van der Waals surface area (Å²) in [6.45, 7) is 0. The molecule has 0 radical (unpaired) electrons. The molecular weight excluding hydrogens is 629 g/mol. The lowest BCUT2D eigenvalue weighted by Gasteiger charge is -2.18. The zero-order chi connectivity index (χ0) is 34.1. The number of para-hydroxylation sites is 5. The van der Waals surface area contributed by atoms with Crippen LogP contribution in [0.3, 0.4) is 0 Å². The lowest BCUT2D eigenvalue weighted by Crippen LogP contribution is -2.40. The Hall–Kier alpha value is -6.92. The van der Waals surface area contributed by atoms with Crippen LogP contribution in [0.2, 0.25) is 0 Å². The Morgan fingerprint density at radius 3 is 1.78 bits per heavy atom. The van der Waals surface area contributed by atoms with Gasteiger partial charge in [-0.05, 0) is 89.8 Å². The van der Waals surface area contributed by atoms with Crippen molar-refractivity contribution in [1.29, 1.82) is 0 Å². The number of rotatable bonds is 6. The topological polar surface area (TPSA) is 61.0 Å².